The highest BCUT2D eigenvalue weighted by atomic mass is 16.3. The van der Waals surface area contributed by atoms with E-state index in [2.05, 4.69) is 81.7 Å². The fourth-order valence-corrected chi connectivity index (χ4v) is 3.72. The Balaban J connectivity index is 2.06. The summed E-state index contributed by atoms with van der Waals surface area (Å²) in [5, 5.41) is 9.06. The van der Waals surface area contributed by atoms with Gasteiger partial charge < -0.3 is 5.11 Å². The second-order valence-electron chi connectivity index (χ2n) is 8.05. The SMILES string of the molecule is CC1=C(/C=C/C(C)=C/C=C/c2cc[n+](CCO)c(C)c2)C(C)(C)CCC1. The first-order valence-electron chi connectivity index (χ1n) is 9.68. The summed E-state index contributed by atoms with van der Waals surface area (Å²) in [7, 11) is 0. The second kappa shape index (κ2) is 9.14. The lowest BCUT2D eigenvalue weighted by Crippen LogP contribution is -2.38. The first kappa shape index (κ1) is 20.4. The topological polar surface area (TPSA) is 24.1 Å². The molecule has 0 saturated carbocycles. The molecule has 0 amide bonds. The van der Waals surface area contributed by atoms with E-state index in [0.29, 0.717) is 12.0 Å². The highest BCUT2D eigenvalue weighted by Crippen LogP contribution is 2.40. The number of aromatic nitrogens is 1. The first-order valence-corrected chi connectivity index (χ1v) is 9.68. The summed E-state index contributed by atoms with van der Waals surface area (Å²) in [5.74, 6) is 0. The molecule has 0 radical (unpaired) electrons. The molecule has 0 saturated heterocycles. The van der Waals surface area contributed by atoms with Crippen molar-refractivity contribution < 1.29 is 9.67 Å². The molecule has 1 aromatic rings. The van der Waals surface area contributed by atoms with Crippen LogP contribution in [-0.2, 0) is 6.54 Å². The summed E-state index contributed by atoms with van der Waals surface area (Å²) < 4.78 is 2.06. The number of aliphatic hydroxyl groups excluding tert-OH is 1. The summed E-state index contributed by atoms with van der Waals surface area (Å²) in [6.07, 6.45) is 16.8. The standard InChI is InChI=1S/C24H34NO/c1-19(11-12-23-20(2)9-7-14-24(23,4)5)8-6-10-22-13-15-25(16-17-26)21(3)18-22/h6,8,10-13,15,18,26H,7,9,14,16-17H2,1-5H3/q+1/b10-6+,12-11+,19-8+. The van der Waals surface area contributed by atoms with Crippen LogP contribution in [0.1, 0.15) is 58.2 Å². The van der Waals surface area contributed by atoms with Crippen molar-refractivity contribution in [3.63, 3.8) is 0 Å². The molecular formula is C24H34NO+. The Labute approximate surface area is 159 Å². The maximum Gasteiger partial charge on any atom is 0.178 e. The van der Waals surface area contributed by atoms with E-state index in [-0.39, 0.29) is 6.61 Å². The number of allylic oxidation sites excluding steroid dienone is 7. The summed E-state index contributed by atoms with van der Waals surface area (Å²) in [4.78, 5) is 0. The molecule has 0 aliphatic heterocycles. The number of nitrogens with zero attached hydrogens (tertiary/aromatic N) is 1. The molecule has 140 valence electrons. The molecule has 26 heavy (non-hydrogen) atoms. The van der Waals surface area contributed by atoms with Crippen molar-refractivity contribution in [1.29, 1.82) is 0 Å². The van der Waals surface area contributed by atoms with Gasteiger partial charge in [0.15, 0.2) is 18.4 Å². The smallest absolute Gasteiger partial charge is 0.178 e. The number of hydrogen-bond acceptors (Lipinski definition) is 1. The highest BCUT2D eigenvalue weighted by Gasteiger charge is 2.26. The molecule has 2 nitrogen and oxygen atoms in total. The predicted octanol–water partition coefficient (Wildman–Crippen LogP) is 5.32. The Morgan fingerprint density at radius 2 is 2.04 bits per heavy atom. The van der Waals surface area contributed by atoms with Crippen molar-refractivity contribution in [2.45, 2.75) is 60.4 Å². The molecule has 1 heterocycles. The molecule has 2 heteroatoms. The molecule has 1 aliphatic carbocycles. The zero-order chi connectivity index (χ0) is 19.2. The second-order valence-corrected chi connectivity index (χ2v) is 8.05. The van der Waals surface area contributed by atoms with Crippen LogP contribution in [0, 0.1) is 12.3 Å². The number of aliphatic hydroxyl groups is 1. The van der Waals surface area contributed by atoms with Gasteiger partial charge in [-0.15, -0.1) is 0 Å². The van der Waals surface area contributed by atoms with E-state index in [1.54, 1.807) is 0 Å². The van der Waals surface area contributed by atoms with Gasteiger partial charge in [-0.05, 0) is 49.7 Å². The lowest BCUT2D eigenvalue weighted by molar-refractivity contribution is -0.704. The quantitative estimate of drug-likeness (QED) is 0.544. The minimum Gasteiger partial charge on any atom is -0.390 e. The molecule has 1 aliphatic rings. The summed E-state index contributed by atoms with van der Waals surface area (Å²) in [6.45, 7) is 12.0. The van der Waals surface area contributed by atoms with Crippen molar-refractivity contribution in [1.82, 2.24) is 0 Å². The minimum absolute atomic E-state index is 0.168. The molecule has 0 aromatic carbocycles. The molecule has 0 atom stereocenters. The maximum atomic E-state index is 9.06. The first-order chi connectivity index (χ1) is 12.3. The van der Waals surface area contributed by atoms with Gasteiger partial charge in [-0.2, -0.15) is 0 Å². The largest absolute Gasteiger partial charge is 0.390 e. The number of rotatable bonds is 6. The molecule has 1 aromatic heterocycles. The van der Waals surface area contributed by atoms with Crippen molar-refractivity contribution in [2.24, 2.45) is 5.41 Å². The highest BCUT2D eigenvalue weighted by molar-refractivity contribution is 5.51. The van der Waals surface area contributed by atoms with Gasteiger partial charge in [-0.25, -0.2) is 4.57 Å². The van der Waals surface area contributed by atoms with E-state index in [1.807, 2.05) is 6.20 Å². The lowest BCUT2D eigenvalue weighted by atomic mass is 9.72. The zero-order valence-corrected chi connectivity index (χ0v) is 17.0. The number of aryl methyl sites for hydroxylation is 1. The van der Waals surface area contributed by atoms with Gasteiger partial charge >= 0.3 is 0 Å². The lowest BCUT2D eigenvalue weighted by Gasteiger charge is -2.32. The third-order valence-electron chi connectivity index (χ3n) is 5.32. The van der Waals surface area contributed by atoms with E-state index < -0.39 is 0 Å². The summed E-state index contributed by atoms with van der Waals surface area (Å²) >= 11 is 0. The van der Waals surface area contributed by atoms with Gasteiger partial charge in [-0.3, -0.25) is 0 Å². The summed E-state index contributed by atoms with van der Waals surface area (Å²) in [6, 6.07) is 4.22. The predicted molar refractivity (Wildman–Crippen MR) is 111 cm³/mol. The Hall–Kier alpha value is -1.93. The molecular weight excluding hydrogens is 318 g/mol. The van der Waals surface area contributed by atoms with Gasteiger partial charge in [0.2, 0.25) is 0 Å². The maximum absolute atomic E-state index is 9.06. The van der Waals surface area contributed by atoms with Gasteiger partial charge in [0.05, 0.1) is 0 Å². The van der Waals surface area contributed by atoms with Crippen LogP contribution in [0.4, 0.5) is 0 Å². The van der Waals surface area contributed by atoms with Gasteiger partial charge in [-0.1, -0.05) is 55.4 Å². The Bertz CT molecular complexity index is 747. The minimum atomic E-state index is 0.168. The van der Waals surface area contributed by atoms with Crippen molar-refractivity contribution in [3.8, 4) is 0 Å². The Kier molecular flexibility index (Phi) is 7.16. The van der Waals surface area contributed by atoms with Crippen molar-refractivity contribution in [3.05, 3.63) is 70.6 Å². The fourth-order valence-electron chi connectivity index (χ4n) is 3.72. The average molecular weight is 353 g/mol. The number of pyridine rings is 1. The normalized spacial score (nSPS) is 18.3. The molecule has 0 fully saturated rings. The van der Waals surface area contributed by atoms with Crippen LogP contribution in [0.5, 0.6) is 0 Å². The molecule has 0 bridgehead atoms. The van der Waals surface area contributed by atoms with E-state index in [9.17, 15) is 0 Å². The van der Waals surface area contributed by atoms with Crippen LogP contribution in [0.15, 0.2) is 59.4 Å². The van der Waals surface area contributed by atoms with E-state index in [0.717, 1.165) is 5.69 Å². The summed E-state index contributed by atoms with van der Waals surface area (Å²) in [5.41, 5.74) is 6.93. The Morgan fingerprint density at radius 1 is 1.27 bits per heavy atom. The van der Waals surface area contributed by atoms with Crippen LogP contribution in [0.3, 0.4) is 0 Å². The van der Waals surface area contributed by atoms with Crippen LogP contribution in [-0.4, -0.2) is 11.7 Å². The van der Waals surface area contributed by atoms with Gasteiger partial charge in [0.25, 0.3) is 0 Å². The third-order valence-corrected chi connectivity index (χ3v) is 5.32. The molecule has 1 N–H and O–H groups in total. The average Bonchev–Trinajstić information content (AvgIpc) is 2.56. The van der Waals surface area contributed by atoms with E-state index in [4.69, 9.17) is 5.11 Å². The van der Waals surface area contributed by atoms with Crippen molar-refractivity contribution >= 4 is 6.08 Å². The van der Waals surface area contributed by atoms with Crippen LogP contribution < -0.4 is 4.57 Å². The fraction of sp³-hybridized carbons (Fsp3) is 0.458. The van der Waals surface area contributed by atoms with Crippen LogP contribution in [0.25, 0.3) is 6.08 Å². The van der Waals surface area contributed by atoms with Gasteiger partial charge in [0, 0.05) is 19.1 Å². The van der Waals surface area contributed by atoms with Crippen LogP contribution in [0.2, 0.25) is 0 Å². The zero-order valence-electron chi connectivity index (χ0n) is 17.0. The van der Waals surface area contributed by atoms with Crippen molar-refractivity contribution in [2.75, 3.05) is 6.61 Å². The van der Waals surface area contributed by atoms with Crippen LogP contribution >= 0.6 is 0 Å². The van der Waals surface area contributed by atoms with E-state index in [1.165, 1.54) is 41.5 Å². The molecule has 0 unspecified atom stereocenters. The third kappa shape index (κ3) is 5.54. The monoisotopic (exact) mass is 352 g/mol. The Morgan fingerprint density at radius 3 is 2.69 bits per heavy atom. The van der Waals surface area contributed by atoms with Gasteiger partial charge in [0.1, 0.15) is 6.61 Å². The molecule has 0 spiro atoms. The molecule has 2 rings (SSSR count). The number of hydrogen-bond donors (Lipinski definition) is 1. The van der Waals surface area contributed by atoms with E-state index >= 15 is 0 Å².